The van der Waals surface area contributed by atoms with Crippen LogP contribution in [0, 0.1) is 0 Å². The number of ether oxygens (including phenoxy) is 1. The number of hydrogen-bond acceptors (Lipinski definition) is 6. The van der Waals surface area contributed by atoms with E-state index in [4.69, 9.17) is 4.74 Å². The minimum absolute atomic E-state index is 0.100. The number of hydrogen-bond donors (Lipinski definition) is 1. The van der Waals surface area contributed by atoms with E-state index < -0.39 is 5.97 Å². The lowest BCUT2D eigenvalue weighted by molar-refractivity contribution is -0.137. The first-order valence-corrected chi connectivity index (χ1v) is 11.1. The van der Waals surface area contributed by atoms with Crippen LogP contribution in [0.3, 0.4) is 0 Å². The average Bonchev–Trinajstić information content (AvgIpc) is 3.15. The number of aryl methyl sites for hydroxylation is 2. The summed E-state index contributed by atoms with van der Waals surface area (Å²) in [5.41, 5.74) is 2.37. The number of nitrogens with zero attached hydrogens (tertiary/aromatic N) is 2. The maximum Gasteiger partial charge on any atom is 0.330 e. The van der Waals surface area contributed by atoms with Gasteiger partial charge in [0.15, 0.2) is 0 Å². The van der Waals surface area contributed by atoms with Crippen LogP contribution < -0.4 is 10.9 Å². The third kappa shape index (κ3) is 4.74. The highest BCUT2D eigenvalue weighted by Gasteiger charge is 2.20. The summed E-state index contributed by atoms with van der Waals surface area (Å²) in [7, 11) is 0. The van der Waals surface area contributed by atoms with Gasteiger partial charge >= 0.3 is 5.97 Å². The van der Waals surface area contributed by atoms with Gasteiger partial charge in [-0.05, 0) is 61.9 Å². The molecular weight excluding hydrogens is 414 g/mol. The third-order valence-corrected chi connectivity index (χ3v) is 6.35. The zero-order valence-corrected chi connectivity index (χ0v) is 18.0. The second-order valence-corrected chi connectivity index (χ2v) is 8.41. The first-order chi connectivity index (χ1) is 15.0. The SMILES string of the molecule is CCOC(=O)/C=C/c1ccc(NC(=O)Cn2cnc3sc4c(c3c2=O)CCCC4)cc1. The minimum Gasteiger partial charge on any atom is -0.463 e. The highest BCUT2D eigenvalue weighted by atomic mass is 32.1. The first kappa shape index (κ1) is 21.0. The van der Waals surface area contributed by atoms with Gasteiger partial charge in [0.05, 0.1) is 18.3 Å². The highest BCUT2D eigenvalue weighted by Crippen LogP contribution is 2.33. The minimum atomic E-state index is -0.400. The molecule has 0 fully saturated rings. The molecule has 2 heterocycles. The van der Waals surface area contributed by atoms with Crippen molar-refractivity contribution in [2.45, 2.75) is 39.2 Å². The van der Waals surface area contributed by atoms with E-state index in [1.807, 2.05) is 0 Å². The van der Waals surface area contributed by atoms with Crippen LogP contribution in [0.2, 0.25) is 0 Å². The van der Waals surface area contributed by atoms with Crippen LogP contribution in [-0.4, -0.2) is 28.0 Å². The average molecular weight is 438 g/mol. The van der Waals surface area contributed by atoms with E-state index in [0.717, 1.165) is 41.6 Å². The summed E-state index contributed by atoms with van der Waals surface area (Å²) in [6.07, 6.45) is 8.59. The Hall–Kier alpha value is -3.26. The molecule has 1 aliphatic carbocycles. The molecule has 31 heavy (non-hydrogen) atoms. The molecule has 1 amide bonds. The van der Waals surface area contributed by atoms with Gasteiger partial charge < -0.3 is 10.1 Å². The van der Waals surface area contributed by atoms with Gasteiger partial charge in [-0.15, -0.1) is 11.3 Å². The Morgan fingerprint density at radius 2 is 2.00 bits per heavy atom. The van der Waals surface area contributed by atoms with E-state index in [1.54, 1.807) is 48.6 Å². The number of fused-ring (bicyclic) bond motifs is 3. The van der Waals surface area contributed by atoms with Gasteiger partial charge in [0.1, 0.15) is 11.4 Å². The third-order valence-electron chi connectivity index (χ3n) is 5.15. The van der Waals surface area contributed by atoms with Crippen molar-refractivity contribution in [2.24, 2.45) is 0 Å². The Balaban J connectivity index is 1.44. The van der Waals surface area contributed by atoms with E-state index in [2.05, 4.69) is 10.3 Å². The standard InChI is InChI=1S/C23H23N3O4S/c1-2-30-20(28)12-9-15-7-10-16(11-8-15)25-19(27)13-26-14-24-22-21(23(26)29)17-5-3-4-6-18(17)31-22/h7-12,14H,2-6,13H2,1H3,(H,25,27)/b12-9+. The van der Waals surface area contributed by atoms with Crippen molar-refractivity contribution >= 4 is 45.2 Å². The van der Waals surface area contributed by atoms with Gasteiger partial charge in [0.2, 0.25) is 5.91 Å². The molecule has 3 aromatic rings. The van der Waals surface area contributed by atoms with Crippen molar-refractivity contribution in [2.75, 3.05) is 11.9 Å². The molecule has 0 bridgehead atoms. The van der Waals surface area contributed by atoms with E-state index in [-0.39, 0.29) is 18.0 Å². The summed E-state index contributed by atoms with van der Waals surface area (Å²) in [5, 5.41) is 3.47. The Morgan fingerprint density at radius 1 is 1.23 bits per heavy atom. The van der Waals surface area contributed by atoms with Crippen LogP contribution in [0.5, 0.6) is 0 Å². The van der Waals surface area contributed by atoms with Crippen molar-refractivity contribution in [3.63, 3.8) is 0 Å². The van der Waals surface area contributed by atoms with E-state index in [1.165, 1.54) is 21.8 Å². The predicted molar refractivity (Wildman–Crippen MR) is 121 cm³/mol. The Morgan fingerprint density at radius 3 is 2.77 bits per heavy atom. The number of carbonyl (C=O) groups excluding carboxylic acids is 2. The number of aromatic nitrogens is 2. The fourth-order valence-corrected chi connectivity index (χ4v) is 4.90. The lowest BCUT2D eigenvalue weighted by Crippen LogP contribution is -2.28. The van der Waals surface area contributed by atoms with Gasteiger partial charge in [-0.3, -0.25) is 14.2 Å². The lowest BCUT2D eigenvalue weighted by atomic mass is 9.97. The van der Waals surface area contributed by atoms with Crippen LogP contribution in [0.25, 0.3) is 16.3 Å². The van der Waals surface area contributed by atoms with Gasteiger partial charge in [0, 0.05) is 16.6 Å². The van der Waals surface area contributed by atoms with Gasteiger partial charge in [0.25, 0.3) is 5.56 Å². The molecule has 0 radical (unpaired) electrons. The molecule has 1 aromatic carbocycles. The number of benzene rings is 1. The van der Waals surface area contributed by atoms with Crippen molar-refractivity contribution < 1.29 is 14.3 Å². The number of nitrogens with one attached hydrogen (secondary N) is 1. The van der Waals surface area contributed by atoms with E-state index >= 15 is 0 Å². The topological polar surface area (TPSA) is 90.3 Å². The van der Waals surface area contributed by atoms with Crippen LogP contribution in [0.4, 0.5) is 5.69 Å². The second kappa shape index (κ2) is 9.26. The summed E-state index contributed by atoms with van der Waals surface area (Å²) in [6, 6.07) is 7.04. The summed E-state index contributed by atoms with van der Waals surface area (Å²) in [6.45, 7) is 1.98. The number of rotatable bonds is 6. The van der Waals surface area contributed by atoms with Crippen LogP contribution in [-0.2, 0) is 33.7 Å². The molecule has 1 aliphatic rings. The zero-order valence-electron chi connectivity index (χ0n) is 17.2. The maximum absolute atomic E-state index is 13.0. The molecular formula is C23H23N3O4S. The molecule has 0 spiro atoms. The fourth-order valence-electron chi connectivity index (χ4n) is 3.68. The Labute approximate surface area is 183 Å². The van der Waals surface area contributed by atoms with Crippen LogP contribution >= 0.6 is 11.3 Å². The summed E-state index contributed by atoms with van der Waals surface area (Å²) >= 11 is 1.59. The number of carbonyl (C=O) groups is 2. The van der Waals surface area contributed by atoms with E-state index in [0.29, 0.717) is 17.7 Å². The molecule has 0 saturated heterocycles. The summed E-state index contributed by atoms with van der Waals surface area (Å²) in [4.78, 5) is 43.3. The molecule has 7 nitrogen and oxygen atoms in total. The number of anilines is 1. The summed E-state index contributed by atoms with van der Waals surface area (Å²) in [5.74, 6) is -0.704. The molecule has 160 valence electrons. The predicted octanol–water partition coefficient (Wildman–Crippen LogP) is 3.55. The second-order valence-electron chi connectivity index (χ2n) is 7.32. The molecule has 8 heteroatoms. The van der Waals surface area contributed by atoms with Crippen molar-refractivity contribution in [1.82, 2.24) is 9.55 Å². The smallest absolute Gasteiger partial charge is 0.330 e. The number of thiophene rings is 1. The lowest BCUT2D eigenvalue weighted by Gasteiger charge is -2.10. The molecule has 4 rings (SSSR count). The van der Waals surface area contributed by atoms with Crippen LogP contribution in [0.1, 0.15) is 35.8 Å². The molecule has 0 unspecified atom stereocenters. The van der Waals surface area contributed by atoms with Gasteiger partial charge in [-0.1, -0.05) is 12.1 Å². The molecule has 0 aliphatic heterocycles. The molecule has 0 saturated carbocycles. The largest absolute Gasteiger partial charge is 0.463 e. The van der Waals surface area contributed by atoms with Crippen LogP contribution in [0.15, 0.2) is 41.5 Å². The van der Waals surface area contributed by atoms with Crippen molar-refractivity contribution in [3.05, 3.63) is 63.0 Å². The molecule has 0 atom stereocenters. The fraction of sp³-hybridized carbons (Fsp3) is 0.304. The molecule has 1 N–H and O–H groups in total. The van der Waals surface area contributed by atoms with Gasteiger partial charge in [-0.2, -0.15) is 0 Å². The van der Waals surface area contributed by atoms with Crippen molar-refractivity contribution in [3.8, 4) is 0 Å². The molecule has 2 aromatic heterocycles. The van der Waals surface area contributed by atoms with Crippen molar-refractivity contribution in [1.29, 1.82) is 0 Å². The zero-order chi connectivity index (χ0) is 21.8. The number of amides is 1. The number of esters is 1. The van der Waals surface area contributed by atoms with E-state index in [9.17, 15) is 14.4 Å². The highest BCUT2D eigenvalue weighted by molar-refractivity contribution is 7.18. The quantitative estimate of drug-likeness (QED) is 0.470. The normalized spacial score (nSPS) is 13.3. The Kier molecular flexibility index (Phi) is 6.27. The Bertz CT molecular complexity index is 1210. The summed E-state index contributed by atoms with van der Waals surface area (Å²) < 4.78 is 6.21. The monoisotopic (exact) mass is 437 g/mol. The first-order valence-electron chi connectivity index (χ1n) is 10.3. The maximum atomic E-state index is 13.0. The van der Waals surface area contributed by atoms with Gasteiger partial charge in [-0.25, -0.2) is 9.78 Å².